The van der Waals surface area contributed by atoms with Gasteiger partial charge in [-0.1, -0.05) is 27.6 Å². The fraction of sp³-hybridized carbons (Fsp3) is 0.133. The highest BCUT2D eigenvalue weighted by Gasteiger charge is 2.22. The van der Waals surface area contributed by atoms with Gasteiger partial charge >= 0.3 is 0 Å². The summed E-state index contributed by atoms with van der Waals surface area (Å²) in [7, 11) is 1.30. The van der Waals surface area contributed by atoms with Crippen molar-refractivity contribution in [3.8, 4) is 5.75 Å². The fourth-order valence-corrected chi connectivity index (χ4v) is 2.26. The van der Waals surface area contributed by atoms with Crippen molar-refractivity contribution in [3.05, 3.63) is 63.1 Å². The van der Waals surface area contributed by atoms with Crippen LogP contribution in [0.2, 0.25) is 0 Å². The molecular formula is C15H11BrF2O2. The Morgan fingerprint density at radius 2 is 1.75 bits per heavy atom. The molecule has 0 saturated heterocycles. The number of aryl methyl sites for hydroxylation is 1. The average molecular weight is 341 g/mol. The fourth-order valence-electron chi connectivity index (χ4n) is 1.83. The molecule has 0 spiro atoms. The molecule has 2 nitrogen and oxygen atoms in total. The van der Waals surface area contributed by atoms with Gasteiger partial charge in [0.2, 0.25) is 0 Å². The Morgan fingerprint density at radius 1 is 1.15 bits per heavy atom. The Balaban J connectivity index is 2.56. The second kappa shape index (κ2) is 5.71. The molecule has 5 heteroatoms. The Kier molecular flexibility index (Phi) is 4.18. The second-order valence-electron chi connectivity index (χ2n) is 4.28. The molecular weight excluding hydrogens is 330 g/mol. The first-order valence-electron chi connectivity index (χ1n) is 5.78. The van der Waals surface area contributed by atoms with E-state index in [1.165, 1.54) is 7.11 Å². The van der Waals surface area contributed by atoms with Gasteiger partial charge in [0.1, 0.15) is 17.4 Å². The van der Waals surface area contributed by atoms with Gasteiger partial charge in [0, 0.05) is 22.2 Å². The minimum Gasteiger partial charge on any atom is -0.497 e. The van der Waals surface area contributed by atoms with Crippen LogP contribution in [0.15, 0.2) is 34.8 Å². The first-order chi connectivity index (χ1) is 9.43. The summed E-state index contributed by atoms with van der Waals surface area (Å²) in [4.78, 5) is 12.3. The second-order valence-corrected chi connectivity index (χ2v) is 5.13. The number of halogens is 3. The lowest BCUT2D eigenvalue weighted by molar-refractivity contribution is 0.103. The van der Waals surface area contributed by atoms with E-state index in [2.05, 4.69) is 15.9 Å². The predicted octanol–water partition coefficient (Wildman–Crippen LogP) is 4.28. The standard InChI is InChI=1S/C15H11BrF2O2/c1-8-3-4-11(16)10(5-8)15(19)14-12(17)6-9(20-2)7-13(14)18/h3-7H,1-2H3. The monoisotopic (exact) mass is 340 g/mol. The highest BCUT2D eigenvalue weighted by Crippen LogP contribution is 2.26. The van der Waals surface area contributed by atoms with E-state index in [1.54, 1.807) is 25.1 Å². The van der Waals surface area contributed by atoms with Crippen LogP contribution < -0.4 is 4.74 Å². The van der Waals surface area contributed by atoms with E-state index in [4.69, 9.17) is 4.74 Å². The topological polar surface area (TPSA) is 26.3 Å². The van der Waals surface area contributed by atoms with Crippen LogP contribution in [0.4, 0.5) is 8.78 Å². The van der Waals surface area contributed by atoms with E-state index in [-0.39, 0.29) is 11.3 Å². The van der Waals surface area contributed by atoms with Crippen LogP contribution in [0, 0.1) is 18.6 Å². The van der Waals surface area contributed by atoms with Gasteiger partial charge in [-0.15, -0.1) is 0 Å². The van der Waals surface area contributed by atoms with Gasteiger partial charge in [0.05, 0.1) is 12.7 Å². The molecule has 0 N–H and O–H groups in total. The lowest BCUT2D eigenvalue weighted by Crippen LogP contribution is -2.09. The molecule has 0 heterocycles. The van der Waals surface area contributed by atoms with Gasteiger partial charge in [-0.05, 0) is 19.1 Å². The summed E-state index contributed by atoms with van der Waals surface area (Å²) in [6.45, 7) is 1.80. The third-order valence-corrected chi connectivity index (χ3v) is 3.54. The van der Waals surface area contributed by atoms with Crippen molar-refractivity contribution in [1.29, 1.82) is 0 Å². The number of benzene rings is 2. The zero-order chi connectivity index (χ0) is 14.9. The number of carbonyl (C=O) groups is 1. The summed E-state index contributed by atoms with van der Waals surface area (Å²) in [5.74, 6) is -2.57. The van der Waals surface area contributed by atoms with Crippen molar-refractivity contribution < 1.29 is 18.3 Å². The number of hydrogen-bond donors (Lipinski definition) is 0. The normalized spacial score (nSPS) is 10.4. The lowest BCUT2D eigenvalue weighted by atomic mass is 10.0. The van der Waals surface area contributed by atoms with Gasteiger partial charge in [0.25, 0.3) is 0 Å². The third kappa shape index (κ3) is 2.72. The summed E-state index contributed by atoms with van der Waals surface area (Å²) < 4.78 is 33.1. The van der Waals surface area contributed by atoms with Crippen molar-refractivity contribution in [2.45, 2.75) is 6.92 Å². The lowest BCUT2D eigenvalue weighted by Gasteiger charge is -2.09. The maximum absolute atomic E-state index is 13.9. The zero-order valence-corrected chi connectivity index (χ0v) is 12.4. The summed E-state index contributed by atoms with van der Waals surface area (Å²) in [6.07, 6.45) is 0. The summed E-state index contributed by atoms with van der Waals surface area (Å²) in [5, 5.41) is 0. The molecule has 0 bridgehead atoms. The molecule has 0 aliphatic rings. The predicted molar refractivity (Wildman–Crippen MR) is 75.2 cm³/mol. The molecule has 0 aliphatic heterocycles. The Bertz CT molecular complexity index is 661. The molecule has 0 aliphatic carbocycles. The maximum Gasteiger partial charge on any atom is 0.200 e. The van der Waals surface area contributed by atoms with Crippen molar-refractivity contribution in [2.75, 3.05) is 7.11 Å². The van der Waals surface area contributed by atoms with Crippen molar-refractivity contribution in [3.63, 3.8) is 0 Å². The van der Waals surface area contributed by atoms with E-state index >= 15 is 0 Å². The van der Waals surface area contributed by atoms with Crippen LogP contribution in [0.3, 0.4) is 0 Å². The van der Waals surface area contributed by atoms with Crippen LogP contribution in [0.5, 0.6) is 5.75 Å². The van der Waals surface area contributed by atoms with Crippen LogP contribution in [-0.2, 0) is 0 Å². The first kappa shape index (κ1) is 14.7. The Labute approximate surface area is 123 Å². The largest absolute Gasteiger partial charge is 0.497 e. The number of ketones is 1. The SMILES string of the molecule is COc1cc(F)c(C(=O)c2cc(C)ccc2Br)c(F)c1. The minimum atomic E-state index is -0.944. The van der Waals surface area contributed by atoms with Crippen LogP contribution in [-0.4, -0.2) is 12.9 Å². The van der Waals surface area contributed by atoms with E-state index in [0.29, 0.717) is 4.47 Å². The Morgan fingerprint density at radius 3 is 2.30 bits per heavy atom. The number of hydrogen-bond acceptors (Lipinski definition) is 2. The summed E-state index contributed by atoms with van der Waals surface area (Å²) in [6, 6.07) is 7.01. The maximum atomic E-state index is 13.9. The van der Waals surface area contributed by atoms with E-state index in [1.807, 2.05) is 0 Å². The van der Waals surface area contributed by atoms with Gasteiger partial charge < -0.3 is 4.74 Å². The minimum absolute atomic E-state index is 0.0276. The zero-order valence-electron chi connectivity index (χ0n) is 10.8. The number of methoxy groups -OCH3 is 1. The van der Waals surface area contributed by atoms with Crippen molar-refractivity contribution in [1.82, 2.24) is 0 Å². The molecule has 0 aromatic heterocycles. The molecule has 20 heavy (non-hydrogen) atoms. The Hall–Kier alpha value is -1.75. The molecule has 104 valence electrons. The number of ether oxygens (including phenoxy) is 1. The third-order valence-electron chi connectivity index (χ3n) is 2.84. The number of rotatable bonds is 3. The van der Waals surface area contributed by atoms with Gasteiger partial charge in [-0.3, -0.25) is 4.79 Å². The molecule has 2 aromatic carbocycles. The van der Waals surface area contributed by atoms with Crippen molar-refractivity contribution >= 4 is 21.7 Å². The summed E-state index contributed by atoms with van der Waals surface area (Å²) >= 11 is 3.22. The average Bonchev–Trinajstić information content (AvgIpc) is 2.40. The van der Waals surface area contributed by atoms with E-state index < -0.39 is 23.0 Å². The molecule has 2 rings (SSSR count). The highest BCUT2D eigenvalue weighted by molar-refractivity contribution is 9.10. The quantitative estimate of drug-likeness (QED) is 0.779. The van der Waals surface area contributed by atoms with Crippen LogP contribution in [0.1, 0.15) is 21.5 Å². The highest BCUT2D eigenvalue weighted by atomic mass is 79.9. The number of carbonyl (C=O) groups excluding carboxylic acids is 1. The van der Waals surface area contributed by atoms with Crippen molar-refractivity contribution in [2.24, 2.45) is 0 Å². The molecule has 0 unspecified atom stereocenters. The molecule has 0 saturated carbocycles. The molecule has 0 amide bonds. The van der Waals surface area contributed by atoms with Gasteiger partial charge in [-0.2, -0.15) is 0 Å². The molecule has 0 atom stereocenters. The van der Waals surface area contributed by atoms with Gasteiger partial charge in [-0.25, -0.2) is 8.78 Å². The summed E-state index contributed by atoms with van der Waals surface area (Å²) in [5.41, 5.74) is 0.455. The van der Waals surface area contributed by atoms with Gasteiger partial charge in [0.15, 0.2) is 5.78 Å². The van der Waals surface area contributed by atoms with Crippen LogP contribution in [0.25, 0.3) is 0 Å². The first-order valence-corrected chi connectivity index (χ1v) is 6.57. The molecule has 0 radical (unpaired) electrons. The molecule has 0 fully saturated rings. The van der Waals surface area contributed by atoms with E-state index in [9.17, 15) is 13.6 Å². The molecule has 2 aromatic rings. The van der Waals surface area contributed by atoms with Crippen LogP contribution >= 0.6 is 15.9 Å². The smallest absolute Gasteiger partial charge is 0.200 e. The van der Waals surface area contributed by atoms with E-state index in [0.717, 1.165) is 17.7 Å².